The minimum Gasteiger partial charge on any atom is -0.265 e. The third-order valence-corrected chi connectivity index (χ3v) is 3.44. The molecule has 1 aromatic carbocycles. The number of nitro benzene ring substituents is 1. The SMILES string of the molecule is Cc1n[nH]c(=S)n(/N=C\c2ccc(Br)c([N+](=O)[O-])c2)c1=O. The second-order valence-electron chi connectivity index (χ2n) is 3.94. The number of aromatic nitrogens is 3. The van der Waals surface area contributed by atoms with E-state index in [0.717, 1.165) is 4.68 Å². The molecule has 0 fully saturated rings. The molecule has 0 bridgehead atoms. The van der Waals surface area contributed by atoms with E-state index in [1.54, 1.807) is 6.07 Å². The highest BCUT2D eigenvalue weighted by atomic mass is 79.9. The van der Waals surface area contributed by atoms with E-state index in [2.05, 4.69) is 31.2 Å². The van der Waals surface area contributed by atoms with Gasteiger partial charge in [-0.15, -0.1) is 0 Å². The van der Waals surface area contributed by atoms with Crippen LogP contribution in [0.4, 0.5) is 5.69 Å². The van der Waals surface area contributed by atoms with Gasteiger partial charge in [-0.3, -0.25) is 20.0 Å². The number of hydrogen-bond acceptors (Lipinski definition) is 6. The number of rotatable bonds is 3. The van der Waals surface area contributed by atoms with Gasteiger partial charge >= 0.3 is 0 Å². The Labute approximate surface area is 131 Å². The first-order valence-corrected chi connectivity index (χ1v) is 6.77. The highest BCUT2D eigenvalue weighted by molar-refractivity contribution is 9.10. The maximum Gasteiger partial charge on any atom is 0.296 e. The van der Waals surface area contributed by atoms with Crippen LogP contribution >= 0.6 is 28.1 Å². The average molecular weight is 370 g/mol. The van der Waals surface area contributed by atoms with Gasteiger partial charge in [-0.1, -0.05) is 6.07 Å². The number of aromatic amines is 1. The van der Waals surface area contributed by atoms with Crippen LogP contribution in [0, 0.1) is 21.8 Å². The second kappa shape index (κ2) is 6.06. The first kappa shape index (κ1) is 15.2. The summed E-state index contributed by atoms with van der Waals surface area (Å²) in [5.74, 6) is 0. The van der Waals surface area contributed by atoms with Crippen molar-refractivity contribution in [2.24, 2.45) is 5.10 Å². The summed E-state index contributed by atoms with van der Waals surface area (Å²) < 4.78 is 1.36. The fourth-order valence-electron chi connectivity index (χ4n) is 1.45. The Kier molecular flexibility index (Phi) is 4.38. The molecule has 1 N–H and O–H groups in total. The zero-order chi connectivity index (χ0) is 15.6. The maximum absolute atomic E-state index is 11.8. The normalized spacial score (nSPS) is 11.0. The molecule has 0 radical (unpaired) electrons. The first-order chi connectivity index (χ1) is 9.90. The van der Waals surface area contributed by atoms with Crippen molar-refractivity contribution in [3.05, 3.63) is 59.2 Å². The number of benzene rings is 1. The van der Waals surface area contributed by atoms with Crippen LogP contribution in [0.2, 0.25) is 0 Å². The topological polar surface area (TPSA) is 106 Å². The largest absolute Gasteiger partial charge is 0.296 e. The second-order valence-corrected chi connectivity index (χ2v) is 5.18. The predicted molar refractivity (Wildman–Crippen MR) is 82.2 cm³/mol. The fraction of sp³-hybridized carbons (Fsp3) is 0.0909. The van der Waals surface area contributed by atoms with Crippen LogP contribution in [-0.4, -0.2) is 26.0 Å². The standard InChI is InChI=1S/C11H8BrN5O3S/c1-6-10(18)16(11(21)15-14-6)13-5-7-2-3-8(12)9(4-7)17(19)20/h2-5H,1H3,(H,15,21)/b13-5-. The highest BCUT2D eigenvalue weighted by Gasteiger charge is 2.11. The zero-order valence-electron chi connectivity index (χ0n) is 10.6. The van der Waals surface area contributed by atoms with E-state index in [9.17, 15) is 14.9 Å². The lowest BCUT2D eigenvalue weighted by Gasteiger charge is -2.00. The summed E-state index contributed by atoms with van der Waals surface area (Å²) >= 11 is 8.01. The van der Waals surface area contributed by atoms with Crippen molar-refractivity contribution in [2.75, 3.05) is 0 Å². The number of H-pyrrole nitrogens is 1. The van der Waals surface area contributed by atoms with Crippen molar-refractivity contribution in [3.63, 3.8) is 0 Å². The molecule has 108 valence electrons. The molecule has 0 atom stereocenters. The van der Waals surface area contributed by atoms with Gasteiger partial charge in [-0.25, -0.2) is 0 Å². The third-order valence-electron chi connectivity index (χ3n) is 2.50. The van der Waals surface area contributed by atoms with Gasteiger partial charge < -0.3 is 0 Å². The van der Waals surface area contributed by atoms with Gasteiger partial charge in [0.1, 0.15) is 5.69 Å². The van der Waals surface area contributed by atoms with Gasteiger partial charge in [-0.2, -0.15) is 14.9 Å². The summed E-state index contributed by atoms with van der Waals surface area (Å²) in [4.78, 5) is 22.2. The summed E-state index contributed by atoms with van der Waals surface area (Å²) in [5, 5.41) is 21.0. The molecule has 2 aromatic rings. The highest BCUT2D eigenvalue weighted by Crippen LogP contribution is 2.24. The molecule has 10 heteroatoms. The smallest absolute Gasteiger partial charge is 0.265 e. The van der Waals surface area contributed by atoms with E-state index in [1.165, 1.54) is 25.3 Å². The van der Waals surface area contributed by atoms with Crippen LogP contribution in [0.15, 0.2) is 32.6 Å². The Morgan fingerprint density at radius 1 is 1.57 bits per heavy atom. The average Bonchev–Trinajstić information content (AvgIpc) is 2.44. The molecule has 1 heterocycles. The van der Waals surface area contributed by atoms with Gasteiger partial charge in [0.15, 0.2) is 0 Å². The Balaban J connectivity index is 2.46. The summed E-state index contributed by atoms with van der Waals surface area (Å²) in [7, 11) is 0. The molecule has 0 spiro atoms. The number of halogens is 1. The first-order valence-electron chi connectivity index (χ1n) is 5.57. The van der Waals surface area contributed by atoms with E-state index in [0.29, 0.717) is 10.0 Å². The van der Waals surface area contributed by atoms with Crippen LogP contribution in [-0.2, 0) is 0 Å². The molecular formula is C11H8BrN5O3S. The van der Waals surface area contributed by atoms with Crippen LogP contribution in [0.25, 0.3) is 0 Å². The van der Waals surface area contributed by atoms with E-state index in [1.807, 2.05) is 0 Å². The van der Waals surface area contributed by atoms with E-state index in [-0.39, 0.29) is 16.2 Å². The minimum absolute atomic E-state index is 0.0356. The molecule has 0 saturated heterocycles. The summed E-state index contributed by atoms with van der Waals surface area (Å²) in [6.45, 7) is 1.52. The Hall–Kier alpha value is -2.20. The number of aryl methyl sites for hydroxylation is 1. The van der Waals surface area contributed by atoms with Crippen molar-refractivity contribution in [1.82, 2.24) is 14.9 Å². The van der Waals surface area contributed by atoms with Crippen LogP contribution < -0.4 is 5.56 Å². The van der Waals surface area contributed by atoms with Crippen molar-refractivity contribution in [3.8, 4) is 0 Å². The summed E-state index contributed by atoms with van der Waals surface area (Å²) in [6, 6.07) is 4.48. The minimum atomic E-state index is -0.517. The molecule has 0 unspecified atom stereocenters. The van der Waals surface area contributed by atoms with Crippen molar-refractivity contribution < 1.29 is 4.92 Å². The maximum atomic E-state index is 11.8. The van der Waals surface area contributed by atoms with Gasteiger partial charge in [0, 0.05) is 11.6 Å². The Morgan fingerprint density at radius 3 is 2.95 bits per heavy atom. The zero-order valence-corrected chi connectivity index (χ0v) is 13.0. The molecule has 21 heavy (non-hydrogen) atoms. The van der Waals surface area contributed by atoms with Crippen molar-refractivity contribution in [1.29, 1.82) is 0 Å². The van der Waals surface area contributed by atoms with Crippen LogP contribution in [0.5, 0.6) is 0 Å². The lowest BCUT2D eigenvalue weighted by molar-refractivity contribution is -0.385. The lowest BCUT2D eigenvalue weighted by atomic mass is 10.2. The molecule has 0 amide bonds. The monoisotopic (exact) mass is 369 g/mol. The molecule has 0 aliphatic heterocycles. The lowest BCUT2D eigenvalue weighted by Crippen LogP contribution is -2.22. The van der Waals surface area contributed by atoms with Gasteiger partial charge in [0.25, 0.3) is 11.2 Å². The molecule has 2 rings (SSSR count). The van der Waals surface area contributed by atoms with E-state index >= 15 is 0 Å². The predicted octanol–water partition coefficient (Wildman–Crippen LogP) is 2.16. The summed E-state index contributed by atoms with van der Waals surface area (Å²) in [5.41, 5.74) is 0.118. The molecule has 1 aromatic heterocycles. The Bertz CT molecular complexity index is 858. The van der Waals surface area contributed by atoms with Crippen LogP contribution in [0.1, 0.15) is 11.3 Å². The van der Waals surface area contributed by atoms with E-state index < -0.39 is 10.5 Å². The molecular weight excluding hydrogens is 362 g/mol. The molecule has 0 aliphatic rings. The van der Waals surface area contributed by atoms with Gasteiger partial charge in [0.2, 0.25) is 4.77 Å². The summed E-state index contributed by atoms with van der Waals surface area (Å²) in [6.07, 6.45) is 1.31. The van der Waals surface area contributed by atoms with E-state index in [4.69, 9.17) is 12.2 Å². The number of nitro groups is 1. The fourth-order valence-corrected chi connectivity index (χ4v) is 2.02. The van der Waals surface area contributed by atoms with Gasteiger partial charge in [0.05, 0.1) is 15.6 Å². The molecule has 0 saturated carbocycles. The van der Waals surface area contributed by atoms with Crippen molar-refractivity contribution in [2.45, 2.75) is 6.92 Å². The quantitative estimate of drug-likeness (QED) is 0.386. The third kappa shape index (κ3) is 3.28. The molecule has 0 aliphatic carbocycles. The number of nitrogens with zero attached hydrogens (tertiary/aromatic N) is 4. The number of nitrogens with one attached hydrogen (secondary N) is 1. The molecule has 8 nitrogen and oxygen atoms in total. The number of hydrogen-bond donors (Lipinski definition) is 1. The van der Waals surface area contributed by atoms with Crippen LogP contribution in [0.3, 0.4) is 0 Å². The Morgan fingerprint density at radius 2 is 2.29 bits per heavy atom. The van der Waals surface area contributed by atoms with Gasteiger partial charge in [-0.05, 0) is 41.1 Å². The van der Waals surface area contributed by atoms with Crippen molar-refractivity contribution >= 4 is 40.0 Å².